The lowest BCUT2D eigenvalue weighted by Gasteiger charge is -2.45. The number of benzene rings is 2. The Morgan fingerprint density at radius 1 is 0.909 bits per heavy atom. The minimum Gasteiger partial charge on any atom is -0.350 e. The molecule has 8 nitrogen and oxygen atoms in total. The first-order chi connectivity index (χ1) is 21.6. The quantitative estimate of drug-likeness (QED) is 0.231. The van der Waals surface area contributed by atoms with Crippen molar-refractivity contribution in [2.24, 2.45) is 0 Å². The Morgan fingerprint density at radius 2 is 1.66 bits per heavy atom. The van der Waals surface area contributed by atoms with Crippen LogP contribution in [0.3, 0.4) is 0 Å². The number of imidazole rings is 1. The summed E-state index contributed by atoms with van der Waals surface area (Å²) in [6.07, 6.45) is 9.60. The van der Waals surface area contributed by atoms with Crippen molar-refractivity contribution < 1.29 is 9.32 Å². The van der Waals surface area contributed by atoms with Gasteiger partial charge in [-0.15, -0.1) is 0 Å². The molecule has 0 aliphatic carbocycles. The Balaban J connectivity index is 0.950. The zero-order valence-electron chi connectivity index (χ0n) is 24.9. The summed E-state index contributed by atoms with van der Waals surface area (Å²) in [7, 11) is 0. The fraction of sp³-hybridized carbons (Fsp3) is 0.389. The lowest BCUT2D eigenvalue weighted by atomic mass is 9.70. The molecule has 44 heavy (non-hydrogen) atoms. The van der Waals surface area contributed by atoms with Gasteiger partial charge in [0.15, 0.2) is 0 Å². The lowest BCUT2D eigenvalue weighted by Crippen LogP contribution is -2.48. The predicted octanol–water partition coefficient (Wildman–Crippen LogP) is 6.59. The second kappa shape index (κ2) is 11.3. The molecule has 6 heterocycles. The summed E-state index contributed by atoms with van der Waals surface area (Å²) in [5.74, 6) is 1.86. The molecule has 1 amide bonds. The summed E-state index contributed by atoms with van der Waals surface area (Å²) in [4.78, 5) is 31.1. The van der Waals surface area contributed by atoms with Crippen molar-refractivity contribution in [1.29, 1.82) is 0 Å². The van der Waals surface area contributed by atoms with Crippen LogP contribution in [0.4, 0.5) is 0 Å². The largest absolute Gasteiger partial charge is 0.350 e. The smallest absolute Gasteiger partial charge is 0.292 e. The van der Waals surface area contributed by atoms with Gasteiger partial charge in [-0.05, 0) is 86.7 Å². The number of fused-ring (bicyclic) bond motifs is 3. The fourth-order valence-corrected chi connectivity index (χ4v) is 8.15. The molecule has 2 bridgehead atoms. The third-order valence-corrected chi connectivity index (χ3v) is 10.6. The normalized spacial score (nSPS) is 23.3. The van der Waals surface area contributed by atoms with Crippen LogP contribution in [0.2, 0.25) is 0 Å². The van der Waals surface area contributed by atoms with Crippen LogP contribution in [-0.2, 0) is 5.41 Å². The highest BCUT2D eigenvalue weighted by atomic mass is 16.5. The first-order valence-corrected chi connectivity index (χ1v) is 16.1. The zero-order chi connectivity index (χ0) is 29.5. The average molecular weight is 587 g/mol. The van der Waals surface area contributed by atoms with Crippen LogP contribution in [0, 0.1) is 0 Å². The van der Waals surface area contributed by atoms with Crippen LogP contribution < -0.4 is 0 Å². The standard InChI is InChI=1S/C36H38N6O2/c43-35(33-24-32(40-44-33)29-10-6-7-18-37-29)41-19-15-36(16-20-41,26-8-2-1-3-9-26)17-21-42-27-13-14-28(42)23-25(22-27)34-38-30-11-4-5-12-31(30)39-34/h1-12,18,24-25,27-28H,13-17,19-23H2,(H,38,39). The molecule has 3 aliphatic rings. The van der Waals surface area contributed by atoms with Crippen molar-refractivity contribution in [3.05, 3.63) is 102 Å². The van der Waals surface area contributed by atoms with E-state index in [0.29, 0.717) is 42.5 Å². The van der Waals surface area contributed by atoms with E-state index in [-0.39, 0.29) is 17.1 Å². The number of para-hydroxylation sites is 2. The number of rotatable bonds is 7. The maximum atomic E-state index is 13.5. The van der Waals surface area contributed by atoms with Gasteiger partial charge in [0.2, 0.25) is 5.76 Å². The van der Waals surface area contributed by atoms with E-state index in [1.54, 1.807) is 12.3 Å². The van der Waals surface area contributed by atoms with Crippen molar-refractivity contribution >= 4 is 16.9 Å². The number of piperidine rings is 2. The molecule has 3 fully saturated rings. The molecule has 2 unspecified atom stereocenters. The molecule has 1 N–H and O–H groups in total. The third kappa shape index (κ3) is 5.01. The molecular weight excluding hydrogens is 548 g/mol. The molecule has 3 aromatic heterocycles. The molecule has 8 rings (SSSR count). The van der Waals surface area contributed by atoms with Crippen LogP contribution in [0.1, 0.15) is 72.8 Å². The Kier molecular flexibility index (Phi) is 7.02. The Hall–Kier alpha value is -4.30. The lowest BCUT2D eigenvalue weighted by molar-refractivity contribution is 0.0583. The number of pyridine rings is 1. The predicted molar refractivity (Wildman–Crippen MR) is 169 cm³/mol. The van der Waals surface area contributed by atoms with Gasteiger partial charge in [-0.25, -0.2) is 4.98 Å². The monoisotopic (exact) mass is 586 g/mol. The number of hydrogen-bond donors (Lipinski definition) is 1. The highest BCUT2D eigenvalue weighted by Crippen LogP contribution is 2.45. The van der Waals surface area contributed by atoms with Gasteiger partial charge in [-0.1, -0.05) is 53.7 Å². The summed E-state index contributed by atoms with van der Waals surface area (Å²) in [5.41, 5.74) is 4.95. The van der Waals surface area contributed by atoms with E-state index < -0.39 is 0 Å². The molecule has 3 aliphatic heterocycles. The second-order valence-corrected chi connectivity index (χ2v) is 12.9. The van der Waals surface area contributed by atoms with Crippen molar-refractivity contribution in [2.45, 2.75) is 68.4 Å². The van der Waals surface area contributed by atoms with Crippen LogP contribution in [-0.4, -0.2) is 67.5 Å². The number of H-pyrrole nitrogens is 1. The van der Waals surface area contributed by atoms with E-state index >= 15 is 0 Å². The third-order valence-electron chi connectivity index (χ3n) is 10.6. The molecule has 0 saturated carbocycles. The maximum Gasteiger partial charge on any atom is 0.292 e. The van der Waals surface area contributed by atoms with Gasteiger partial charge in [-0.3, -0.25) is 14.7 Å². The minimum absolute atomic E-state index is 0.0492. The van der Waals surface area contributed by atoms with Crippen molar-refractivity contribution in [2.75, 3.05) is 19.6 Å². The first kappa shape index (κ1) is 27.3. The van der Waals surface area contributed by atoms with Crippen LogP contribution in [0.15, 0.2) is 89.6 Å². The van der Waals surface area contributed by atoms with Gasteiger partial charge >= 0.3 is 0 Å². The van der Waals surface area contributed by atoms with Gasteiger partial charge in [0, 0.05) is 43.4 Å². The minimum atomic E-state index is -0.0907. The van der Waals surface area contributed by atoms with Gasteiger partial charge in [0.05, 0.1) is 16.7 Å². The Bertz CT molecular complexity index is 1690. The van der Waals surface area contributed by atoms with Gasteiger partial charge in [-0.2, -0.15) is 0 Å². The van der Waals surface area contributed by atoms with Crippen molar-refractivity contribution in [3.8, 4) is 11.4 Å². The second-order valence-electron chi connectivity index (χ2n) is 12.9. The van der Waals surface area contributed by atoms with Gasteiger partial charge in [0.25, 0.3) is 5.91 Å². The number of carbonyl (C=O) groups is 1. The highest BCUT2D eigenvalue weighted by Gasteiger charge is 2.44. The Morgan fingerprint density at radius 3 is 2.41 bits per heavy atom. The summed E-state index contributed by atoms with van der Waals surface area (Å²) < 4.78 is 5.49. The molecule has 3 saturated heterocycles. The molecule has 5 aromatic rings. The molecule has 0 radical (unpaired) electrons. The van der Waals surface area contributed by atoms with Crippen LogP contribution in [0.5, 0.6) is 0 Å². The number of amides is 1. The van der Waals surface area contributed by atoms with Crippen LogP contribution in [0.25, 0.3) is 22.4 Å². The Labute approximate surface area is 257 Å². The summed E-state index contributed by atoms with van der Waals surface area (Å²) in [5, 5.41) is 4.12. The zero-order valence-corrected chi connectivity index (χ0v) is 24.9. The number of aromatic amines is 1. The topological polar surface area (TPSA) is 91.2 Å². The van der Waals surface area contributed by atoms with E-state index in [1.165, 1.54) is 37.1 Å². The summed E-state index contributed by atoms with van der Waals surface area (Å²) >= 11 is 0. The SMILES string of the molecule is O=C(c1cc(-c2ccccn2)no1)N1CCC(CCN2C3CCC2CC(c2nc4ccccc4[nH]2)C3)(c2ccccc2)CC1. The summed E-state index contributed by atoms with van der Waals surface area (Å²) in [6, 6.07) is 27.9. The van der Waals surface area contributed by atoms with E-state index in [2.05, 4.69) is 74.6 Å². The van der Waals surface area contributed by atoms with Crippen LogP contribution >= 0.6 is 0 Å². The number of nitrogens with zero attached hydrogens (tertiary/aromatic N) is 5. The molecular formula is C36H38N6O2. The van der Waals surface area contributed by atoms with E-state index in [1.807, 2.05) is 23.1 Å². The highest BCUT2D eigenvalue weighted by molar-refractivity contribution is 5.92. The van der Waals surface area contributed by atoms with Crippen molar-refractivity contribution in [3.63, 3.8) is 0 Å². The number of likely N-dealkylation sites (tertiary alicyclic amines) is 1. The van der Waals surface area contributed by atoms with E-state index in [0.717, 1.165) is 36.8 Å². The summed E-state index contributed by atoms with van der Waals surface area (Å²) in [6.45, 7) is 2.50. The maximum absolute atomic E-state index is 13.5. The average Bonchev–Trinajstić information content (AvgIpc) is 3.81. The number of nitrogens with one attached hydrogen (secondary N) is 1. The molecule has 0 spiro atoms. The number of hydrogen-bond acceptors (Lipinski definition) is 6. The van der Waals surface area contributed by atoms with Gasteiger partial charge < -0.3 is 14.4 Å². The van der Waals surface area contributed by atoms with Crippen molar-refractivity contribution in [1.82, 2.24) is 29.9 Å². The first-order valence-electron chi connectivity index (χ1n) is 16.1. The van der Waals surface area contributed by atoms with E-state index in [4.69, 9.17) is 9.51 Å². The number of carbonyl (C=O) groups excluding carboxylic acids is 1. The number of aromatic nitrogens is 4. The van der Waals surface area contributed by atoms with E-state index in [9.17, 15) is 4.79 Å². The molecule has 8 heteroatoms. The molecule has 2 aromatic carbocycles. The molecule has 2 atom stereocenters. The fourth-order valence-electron chi connectivity index (χ4n) is 8.15. The molecule has 224 valence electrons. The van der Waals surface area contributed by atoms with Gasteiger partial charge in [0.1, 0.15) is 11.5 Å².